The van der Waals surface area contributed by atoms with Gasteiger partial charge in [0.15, 0.2) is 5.76 Å². The van der Waals surface area contributed by atoms with Gasteiger partial charge in [0.1, 0.15) is 11.1 Å². The summed E-state index contributed by atoms with van der Waals surface area (Å²) in [6.07, 6.45) is 2.19. The summed E-state index contributed by atoms with van der Waals surface area (Å²) >= 11 is 5.94. The van der Waals surface area contributed by atoms with Gasteiger partial charge in [0.2, 0.25) is 0 Å². The van der Waals surface area contributed by atoms with E-state index < -0.39 is 11.6 Å². The lowest BCUT2D eigenvalue weighted by Crippen LogP contribution is -2.52. The molecule has 1 aromatic carbocycles. The topological polar surface area (TPSA) is 100 Å². The number of nitrogens with one attached hydrogen (secondary N) is 3. The second-order valence-corrected chi connectivity index (χ2v) is 6.97. The molecule has 4 rings (SSSR count). The Morgan fingerprint density at radius 2 is 2.00 bits per heavy atom. The predicted molar refractivity (Wildman–Crippen MR) is 90.4 cm³/mol. The first-order valence-electron chi connectivity index (χ1n) is 8.09. The van der Waals surface area contributed by atoms with Crippen LogP contribution in [0.15, 0.2) is 28.7 Å². The molecular weight excluding hydrogens is 346 g/mol. The smallest absolute Gasteiger partial charge is 0.322 e. The van der Waals surface area contributed by atoms with Gasteiger partial charge in [-0.2, -0.15) is 0 Å². The average Bonchev–Trinajstić information content (AvgIpc) is 3.10. The SMILES string of the molecule is O=C1NC(=O)C2(CCC(NC(=O)c3cc4cc(Cl)ccc4o3)CC2)N1. The molecule has 3 N–H and O–H groups in total. The van der Waals surface area contributed by atoms with E-state index in [9.17, 15) is 14.4 Å². The summed E-state index contributed by atoms with van der Waals surface area (Å²) in [6.45, 7) is 0. The first-order chi connectivity index (χ1) is 11.9. The third kappa shape index (κ3) is 2.84. The molecule has 1 saturated carbocycles. The molecule has 0 radical (unpaired) electrons. The highest BCUT2D eigenvalue weighted by Gasteiger charge is 2.48. The van der Waals surface area contributed by atoms with Crippen LogP contribution in [0.1, 0.15) is 36.2 Å². The van der Waals surface area contributed by atoms with Crippen LogP contribution in [0.2, 0.25) is 5.02 Å². The summed E-state index contributed by atoms with van der Waals surface area (Å²) in [6, 6.07) is 6.30. The Morgan fingerprint density at radius 1 is 1.24 bits per heavy atom. The van der Waals surface area contributed by atoms with Gasteiger partial charge >= 0.3 is 6.03 Å². The molecular formula is C17H16ClN3O4. The summed E-state index contributed by atoms with van der Waals surface area (Å²) < 4.78 is 5.56. The summed E-state index contributed by atoms with van der Waals surface area (Å²) in [5.74, 6) is -0.353. The lowest BCUT2D eigenvalue weighted by molar-refractivity contribution is -0.125. The standard InChI is InChI=1S/C17H16ClN3O4/c18-10-1-2-12-9(7-10)8-13(25-12)14(22)19-11-3-5-17(6-4-11)15(23)20-16(24)21-17/h1-2,7-8,11H,3-6H2,(H,19,22)(H2,20,21,23,24). The zero-order chi connectivity index (χ0) is 17.6. The minimum absolute atomic E-state index is 0.0692. The highest BCUT2D eigenvalue weighted by Crippen LogP contribution is 2.31. The van der Waals surface area contributed by atoms with Crippen LogP contribution in [0.25, 0.3) is 11.0 Å². The number of amides is 4. The summed E-state index contributed by atoms with van der Waals surface area (Å²) in [7, 11) is 0. The van der Waals surface area contributed by atoms with Gasteiger partial charge in [-0.1, -0.05) is 11.6 Å². The minimum Gasteiger partial charge on any atom is -0.451 e. The molecule has 4 amide bonds. The van der Waals surface area contributed by atoms with Gasteiger partial charge in [-0.25, -0.2) is 4.79 Å². The van der Waals surface area contributed by atoms with E-state index in [1.807, 2.05) is 0 Å². The lowest BCUT2D eigenvalue weighted by Gasteiger charge is -2.34. The number of rotatable bonds is 2. The minimum atomic E-state index is -0.825. The van der Waals surface area contributed by atoms with Crippen molar-refractivity contribution in [3.63, 3.8) is 0 Å². The van der Waals surface area contributed by atoms with Gasteiger partial charge in [0.05, 0.1) is 0 Å². The van der Waals surface area contributed by atoms with Gasteiger partial charge in [-0.3, -0.25) is 14.9 Å². The Hall–Kier alpha value is -2.54. The van der Waals surface area contributed by atoms with Gasteiger partial charge < -0.3 is 15.1 Å². The van der Waals surface area contributed by atoms with E-state index in [1.54, 1.807) is 24.3 Å². The molecule has 7 nitrogen and oxygen atoms in total. The second-order valence-electron chi connectivity index (χ2n) is 6.53. The molecule has 25 heavy (non-hydrogen) atoms. The molecule has 130 valence electrons. The number of furan rings is 1. The molecule has 2 aliphatic rings. The lowest BCUT2D eigenvalue weighted by atomic mass is 9.79. The molecule has 1 saturated heterocycles. The monoisotopic (exact) mass is 361 g/mol. The maximum Gasteiger partial charge on any atom is 0.322 e. The highest BCUT2D eigenvalue weighted by atomic mass is 35.5. The van der Waals surface area contributed by atoms with E-state index in [0.717, 1.165) is 5.39 Å². The molecule has 2 heterocycles. The fraction of sp³-hybridized carbons (Fsp3) is 0.353. The molecule has 1 aliphatic heterocycles. The maximum absolute atomic E-state index is 12.4. The summed E-state index contributed by atoms with van der Waals surface area (Å²) in [4.78, 5) is 35.7. The van der Waals surface area contributed by atoms with Crippen molar-refractivity contribution in [1.29, 1.82) is 0 Å². The van der Waals surface area contributed by atoms with Crippen molar-refractivity contribution in [2.24, 2.45) is 0 Å². The molecule has 1 aliphatic carbocycles. The number of benzene rings is 1. The number of urea groups is 1. The van der Waals surface area contributed by atoms with E-state index in [1.165, 1.54) is 0 Å². The van der Waals surface area contributed by atoms with Crippen molar-refractivity contribution in [2.75, 3.05) is 0 Å². The number of imide groups is 1. The third-order valence-electron chi connectivity index (χ3n) is 4.89. The van der Waals surface area contributed by atoms with E-state index in [2.05, 4.69) is 16.0 Å². The van der Waals surface area contributed by atoms with E-state index >= 15 is 0 Å². The molecule has 8 heteroatoms. The van der Waals surface area contributed by atoms with Gasteiger partial charge in [0.25, 0.3) is 11.8 Å². The molecule has 2 aromatic rings. The van der Waals surface area contributed by atoms with Crippen molar-refractivity contribution >= 4 is 40.4 Å². The number of fused-ring (bicyclic) bond motifs is 1. The number of hydrogen-bond acceptors (Lipinski definition) is 4. The molecule has 1 aromatic heterocycles. The molecule has 0 unspecified atom stereocenters. The summed E-state index contributed by atoms with van der Waals surface area (Å²) in [5.41, 5.74) is -0.225. The normalized spacial score (nSPS) is 25.9. The van der Waals surface area contributed by atoms with Crippen LogP contribution in [-0.2, 0) is 4.79 Å². The van der Waals surface area contributed by atoms with Gasteiger partial charge in [0, 0.05) is 16.5 Å². The van der Waals surface area contributed by atoms with Crippen molar-refractivity contribution in [3.05, 3.63) is 35.0 Å². The highest BCUT2D eigenvalue weighted by molar-refractivity contribution is 6.31. The third-order valence-corrected chi connectivity index (χ3v) is 5.13. The largest absolute Gasteiger partial charge is 0.451 e. The number of carbonyl (C=O) groups excluding carboxylic acids is 3. The Morgan fingerprint density at radius 3 is 2.68 bits per heavy atom. The van der Waals surface area contributed by atoms with Gasteiger partial charge in [-0.15, -0.1) is 0 Å². The van der Waals surface area contributed by atoms with Crippen LogP contribution in [-0.4, -0.2) is 29.4 Å². The van der Waals surface area contributed by atoms with Crippen molar-refractivity contribution < 1.29 is 18.8 Å². The number of halogens is 1. The average molecular weight is 362 g/mol. The first kappa shape index (κ1) is 16.0. The quantitative estimate of drug-likeness (QED) is 0.715. The molecule has 1 spiro atoms. The fourth-order valence-corrected chi connectivity index (χ4v) is 3.70. The van der Waals surface area contributed by atoms with E-state index in [-0.39, 0.29) is 23.6 Å². The first-order valence-corrected chi connectivity index (χ1v) is 8.47. The van der Waals surface area contributed by atoms with Crippen LogP contribution in [0.5, 0.6) is 0 Å². The number of hydrogen-bond donors (Lipinski definition) is 3. The Kier molecular flexibility index (Phi) is 3.68. The second kappa shape index (κ2) is 5.77. The van der Waals surface area contributed by atoms with Gasteiger partial charge in [-0.05, 0) is 49.9 Å². The number of carbonyl (C=O) groups is 3. The molecule has 0 atom stereocenters. The van der Waals surface area contributed by atoms with Crippen molar-refractivity contribution in [3.8, 4) is 0 Å². The van der Waals surface area contributed by atoms with Crippen LogP contribution in [0, 0.1) is 0 Å². The zero-order valence-corrected chi connectivity index (χ0v) is 14.0. The summed E-state index contributed by atoms with van der Waals surface area (Å²) in [5, 5.41) is 9.26. The van der Waals surface area contributed by atoms with Crippen LogP contribution >= 0.6 is 11.6 Å². The Bertz CT molecular complexity index is 883. The Labute approximate surface area is 148 Å². The molecule has 0 bridgehead atoms. The van der Waals surface area contributed by atoms with Crippen LogP contribution < -0.4 is 16.0 Å². The molecule has 2 fully saturated rings. The maximum atomic E-state index is 12.4. The fourth-order valence-electron chi connectivity index (χ4n) is 3.52. The van der Waals surface area contributed by atoms with Crippen LogP contribution in [0.3, 0.4) is 0 Å². The van der Waals surface area contributed by atoms with Crippen molar-refractivity contribution in [1.82, 2.24) is 16.0 Å². The van der Waals surface area contributed by atoms with E-state index in [0.29, 0.717) is 36.3 Å². The van der Waals surface area contributed by atoms with Crippen molar-refractivity contribution in [2.45, 2.75) is 37.3 Å². The predicted octanol–water partition coefficient (Wildman–Crippen LogP) is 2.34. The van der Waals surface area contributed by atoms with Crippen LogP contribution in [0.4, 0.5) is 4.79 Å². The van der Waals surface area contributed by atoms with E-state index in [4.69, 9.17) is 16.0 Å². The Balaban J connectivity index is 1.41. The zero-order valence-electron chi connectivity index (χ0n) is 13.2.